The van der Waals surface area contributed by atoms with Crippen molar-refractivity contribution in [2.45, 2.75) is 6.92 Å². The van der Waals surface area contributed by atoms with E-state index in [1.54, 1.807) is 6.07 Å². The van der Waals surface area contributed by atoms with Gasteiger partial charge < -0.3 is 5.32 Å². The van der Waals surface area contributed by atoms with Crippen molar-refractivity contribution in [1.29, 1.82) is 0 Å². The van der Waals surface area contributed by atoms with Gasteiger partial charge in [0.25, 0.3) is 0 Å². The van der Waals surface area contributed by atoms with E-state index in [4.69, 9.17) is 23.8 Å². The Morgan fingerprint density at radius 1 is 1.62 bits per heavy atom. The van der Waals surface area contributed by atoms with Gasteiger partial charge >= 0.3 is 0 Å². The Bertz CT molecular complexity index is 409. The first kappa shape index (κ1) is 12.9. The maximum atomic E-state index is 12.7. The van der Waals surface area contributed by atoms with E-state index in [1.807, 2.05) is 6.92 Å². The molecule has 0 aromatic heterocycles. The molecule has 0 amide bonds. The lowest BCUT2D eigenvalue weighted by Gasteiger charge is -2.03. The highest BCUT2D eigenvalue weighted by atomic mass is 35.5. The molecule has 0 aliphatic carbocycles. The van der Waals surface area contributed by atoms with Crippen LogP contribution in [-0.2, 0) is 0 Å². The summed E-state index contributed by atoms with van der Waals surface area (Å²) in [5.74, 6) is -0.377. The molecule has 16 heavy (non-hydrogen) atoms. The van der Waals surface area contributed by atoms with Gasteiger partial charge in [0.05, 0.1) is 11.2 Å². The monoisotopic (exact) mass is 259 g/mol. The van der Waals surface area contributed by atoms with Gasteiger partial charge in [0.2, 0.25) is 0 Å². The third kappa shape index (κ3) is 4.12. The molecule has 0 fully saturated rings. The first-order valence-corrected chi connectivity index (χ1v) is 5.44. The Hall–Kier alpha value is -1.20. The van der Waals surface area contributed by atoms with Crippen molar-refractivity contribution in [2.75, 3.05) is 6.54 Å². The van der Waals surface area contributed by atoms with E-state index < -0.39 is 0 Å². The molecule has 1 aromatic carbocycles. The predicted molar refractivity (Wildman–Crippen MR) is 68.4 cm³/mol. The number of benzene rings is 1. The zero-order valence-corrected chi connectivity index (χ0v) is 10.2. The van der Waals surface area contributed by atoms with Crippen LogP contribution in [0.5, 0.6) is 0 Å². The highest BCUT2D eigenvalue weighted by Crippen LogP contribution is 2.14. The number of hydrogen-bond donors (Lipinski definition) is 2. The highest BCUT2D eigenvalue weighted by molar-refractivity contribution is 7.80. The average molecular weight is 260 g/mol. The molecule has 6 heteroatoms. The second-order valence-corrected chi connectivity index (χ2v) is 3.71. The average Bonchev–Trinajstić information content (AvgIpc) is 2.22. The Balaban J connectivity index is 2.59. The second kappa shape index (κ2) is 6.40. The van der Waals surface area contributed by atoms with Gasteiger partial charge in [0.15, 0.2) is 5.11 Å². The zero-order chi connectivity index (χ0) is 12.0. The minimum atomic E-state index is -0.377. The van der Waals surface area contributed by atoms with Gasteiger partial charge in [-0.1, -0.05) is 11.6 Å². The largest absolute Gasteiger partial charge is 0.362 e. The van der Waals surface area contributed by atoms with Crippen molar-refractivity contribution in [1.82, 2.24) is 10.7 Å². The highest BCUT2D eigenvalue weighted by Gasteiger charge is 1.98. The van der Waals surface area contributed by atoms with Gasteiger partial charge in [-0.2, -0.15) is 5.10 Å². The van der Waals surface area contributed by atoms with E-state index in [9.17, 15) is 4.39 Å². The van der Waals surface area contributed by atoms with Crippen LogP contribution in [0.2, 0.25) is 5.02 Å². The van der Waals surface area contributed by atoms with Crippen LogP contribution < -0.4 is 10.7 Å². The molecule has 0 unspecified atom stereocenters. The standard InChI is InChI=1S/C10H11ClFN3S/c1-2-13-10(16)15-14-6-7-3-4-8(12)5-9(7)11/h3-6H,2H2,1H3,(H2,13,15,16)/b14-6+. The number of rotatable bonds is 3. The lowest BCUT2D eigenvalue weighted by molar-refractivity contribution is 0.628. The molecule has 0 spiro atoms. The molecule has 1 rings (SSSR count). The fourth-order valence-corrected chi connectivity index (χ4v) is 1.38. The van der Waals surface area contributed by atoms with E-state index in [1.165, 1.54) is 18.3 Å². The van der Waals surface area contributed by atoms with E-state index in [0.29, 0.717) is 15.7 Å². The van der Waals surface area contributed by atoms with E-state index >= 15 is 0 Å². The molecule has 0 heterocycles. The van der Waals surface area contributed by atoms with Crippen LogP contribution in [0.3, 0.4) is 0 Å². The maximum absolute atomic E-state index is 12.7. The Morgan fingerprint density at radius 3 is 3.00 bits per heavy atom. The van der Waals surface area contributed by atoms with Crippen LogP contribution in [0.4, 0.5) is 4.39 Å². The summed E-state index contributed by atoms with van der Waals surface area (Å²) >= 11 is 10.7. The van der Waals surface area contributed by atoms with Crippen LogP contribution in [0.15, 0.2) is 23.3 Å². The van der Waals surface area contributed by atoms with Crippen LogP contribution in [0.1, 0.15) is 12.5 Å². The predicted octanol–water partition coefficient (Wildman–Crippen LogP) is 2.30. The number of nitrogens with zero attached hydrogens (tertiary/aromatic N) is 1. The van der Waals surface area contributed by atoms with Crippen LogP contribution >= 0.6 is 23.8 Å². The van der Waals surface area contributed by atoms with Crippen LogP contribution in [-0.4, -0.2) is 17.9 Å². The van der Waals surface area contributed by atoms with Crippen LogP contribution in [0.25, 0.3) is 0 Å². The molecule has 0 atom stereocenters. The number of hydrogen-bond acceptors (Lipinski definition) is 2. The molecule has 0 aliphatic rings. The van der Waals surface area contributed by atoms with Crippen molar-refractivity contribution in [3.8, 4) is 0 Å². The molecular weight excluding hydrogens is 249 g/mol. The second-order valence-electron chi connectivity index (χ2n) is 2.90. The van der Waals surface area contributed by atoms with Gasteiger partial charge in [0.1, 0.15) is 5.82 Å². The van der Waals surface area contributed by atoms with Crippen LogP contribution in [0, 0.1) is 5.82 Å². The molecule has 3 nitrogen and oxygen atoms in total. The summed E-state index contributed by atoms with van der Waals surface area (Å²) in [6.45, 7) is 2.65. The molecular formula is C10H11ClFN3S. The van der Waals surface area contributed by atoms with Crippen molar-refractivity contribution < 1.29 is 4.39 Å². The first-order valence-electron chi connectivity index (χ1n) is 4.65. The molecule has 2 N–H and O–H groups in total. The number of halogens is 2. The summed E-state index contributed by atoms with van der Waals surface area (Å²) in [4.78, 5) is 0. The third-order valence-electron chi connectivity index (χ3n) is 1.67. The van der Waals surface area contributed by atoms with Crippen molar-refractivity contribution in [2.24, 2.45) is 5.10 Å². The summed E-state index contributed by atoms with van der Waals surface area (Å²) in [6, 6.07) is 4.08. The van der Waals surface area contributed by atoms with E-state index in [2.05, 4.69) is 15.8 Å². The number of thiocarbonyl (C=S) groups is 1. The number of hydrazone groups is 1. The maximum Gasteiger partial charge on any atom is 0.186 e. The minimum absolute atomic E-state index is 0.305. The Kier molecular flexibility index (Phi) is 5.14. The van der Waals surface area contributed by atoms with Gasteiger partial charge in [-0.3, -0.25) is 5.43 Å². The summed E-state index contributed by atoms with van der Waals surface area (Å²) in [6.07, 6.45) is 1.48. The Morgan fingerprint density at radius 2 is 2.38 bits per heavy atom. The van der Waals surface area contributed by atoms with Gasteiger partial charge in [-0.05, 0) is 37.3 Å². The fourth-order valence-electron chi connectivity index (χ4n) is 0.967. The third-order valence-corrected chi connectivity index (χ3v) is 2.23. The fraction of sp³-hybridized carbons (Fsp3) is 0.200. The first-order chi connectivity index (χ1) is 7.63. The van der Waals surface area contributed by atoms with Crippen molar-refractivity contribution in [3.63, 3.8) is 0 Å². The van der Waals surface area contributed by atoms with Crippen molar-refractivity contribution in [3.05, 3.63) is 34.6 Å². The molecule has 0 bridgehead atoms. The molecule has 0 saturated carbocycles. The topological polar surface area (TPSA) is 36.4 Å². The quantitative estimate of drug-likeness (QED) is 0.497. The molecule has 0 radical (unpaired) electrons. The van der Waals surface area contributed by atoms with Gasteiger partial charge in [-0.25, -0.2) is 4.39 Å². The summed E-state index contributed by atoms with van der Waals surface area (Å²) in [5, 5.41) is 7.47. The normalized spacial score (nSPS) is 10.4. The molecule has 1 aromatic rings. The SMILES string of the molecule is CCNC(=S)N/N=C/c1ccc(F)cc1Cl. The Labute approximate surface area is 104 Å². The van der Waals surface area contributed by atoms with Gasteiger partial charge in [0, 0.05) is 12.1 Å². The van der Waals surface area contributed by atoms with Gasteiger partial charge in [-0.15, -0.1) is 0 Å². The zero-order valence-electron chi connectivity index (χ0n) is 8.63. The molecule has 86 valence electrons. The van der Waals surface area contributed by atoms with E-state index in [-0.39, 0.29) is 5.82 Å². The minimum Gasteiger partial charge on any atom is -0.362 e. The summed E-state index contributed by atoms with van der Waals surface area (Å²) < 4.78 is 12.7. The molecule has 0 saturated heterocycles. The lowest BCUT2D eigenvalue weighted by Crippen LogP contribution is -2.31. The summed E-state index contributed by atoms with van der Waals surface area (Å²) in [5.41, 5.74) is 3.23. The number of nitrogens with one attached hydrogen (secondary N) is 2. The lowest BCUT2D eigenvalue weighted by atomic mass is 10.2. The smallest absolute Gasteiger partial charge is 0.186 e. The molecule has 0 aliphatic heterocycles. The van der Waals surface area contributed by atoms with Crippen molar-refractivity contribution >= 4 is 35.1 Å². The summed E-state index contributed by atoms with van der Waals surface area (Å²) in [7, 11) is 0. The van der Waals surface area contributed by atoms with E-state index in [0.717, 1.165) is 6.54 Å².